The van der Waals surface area contributed by atoms with Crippen molar-refractivity contribution in [2.45, 2.75) is 20.3 Å². The summed E-state index contributed by atoms with van der Waals surface area (Å²) in [6.45, 7) is 6.54. The van der Waals surface area contributed by atoms with Crippen LogP contribution in [0.3, 0.4) is 0 Å². The van der Waals surface area contributed by atoms with Gasteiger partial charge in [0, 0.05) is 12.0 Å². The van der Waals surface area contributed by atoms with Crippen molar-refractivity contribution in [3.63, 3.8) is 0 Å². The highest BCUT2D eigenvalue weighted by molar-refractivity contribution is 5.87. The van der Waals surface area contributed by atoms with Gasteiger partial charge in [0.2, 0.25) is 0 Å². The second kappa shape index (κ2) is 4.06. The Bertz CT molecular complexity index is 140. The highest BCUT2D eigenvalue weighted by Gasteiger charge is 2.10. The fourth-order valence-electron chi connectivity index (χ4n) is 0.266. The number of esters is 1. The molecule has 0 aliphatic heterocycles. The molecule has 0 saturated heterocycles. The van der Waals surface area contributed by atoms with Gasteiger partial charge in [-0.3, -0.25) is 0 Å². The van der Waals surface area contributed by atoms with Crippen molar-refractivity contribution < 1.29 is 14.6 Å². The highest BCUT2D eigenvalue weighted by Crippen LogP contribution is 2.04. The largest absolute Gasteiger partial charge is 0.423 e. The fraction of sp³-hybridized carbons (Fsp3) is 0.429. The summed E-state index contributed by atoms with van der Waals surface area (Å²) in [5.74, 6) is -0.584. The number of carbonyl (C=O) groups excluding carboxylic acids is 1. The molecule has 0 amide bonds. The normalized spacial score (nSPS) is 9.60. The molecule has 0 spiro atoms. The van der Waals surface area contributed by atoms with E-state index in [1.807, 2.05) is 0 Å². The number of hydrogen-bond donors (Lipinski definition) is 1. The smallest absolute Gasteiger partial charge is 0.335 e. The van der Waals surface area contributed by atoms with Gasteiger partial charge >= 0.3 is 5.97 Å². The lowest BCUT2D eigenvalue weighted by molar-refractivity contribution is -0.145. The van der Waals surface area contributed by atoms with E-state index in [4.69, 9.17) is 5.11 Å². The van der Waals surface area contributed by atoms with Crippen molar-refractivity contribution in [1.82, 2.24) is 0 Å². The summed E-state index contributed by atoms with van der Waals surface area (Å²) in [4.78, 5) is 10.6. The summed E-state index contributed by atoms with van der Waals surface area (Å²) < 4.78 is 4.39. The molecule has 3 nitrogen and oxygen atoms in total. The van der Waals surface area contributed by atoms with E-state index in [0.29, 0.717) is 6.42 Å². The molecule has 0 unspecified atom stereocenters. The summed E-state index contributed by atoms with van der Waals surface area (Å²) in [6, 6.07) is 0. The quantitative estimate of drug-likeness (QED) is 0.479. The molecule has 0 rings (SSSR count). The molecular weight excluding hydrogens is 132 g/mol. The van der Waals surface area contributed by atoms with Crippen LogP contribution in [0.15, 0.2) is 12.2 Å². The Morgan fingerprint density at radius 2 is 2.20 bits per heavy atom. The summed E-state index contributed by atoms with van der Waals surface area (Å²) in [6.07, 6.45) is 0.0481. The fourth-order valence-corrected chi connectivity index (χ4v) is 0.266. The van der Waals surface area contributed by atoms with E-state index in [0.717, 1.165) is 0 Å². The topological polar surface area (TPSA) is 46.5 Å². The molecule has 0 heterocycles. The van der Waals surface area contributed by atoms with Gasteiger partial charge in [0.15, 0.2) is 0 Å². The third-order valence-corrected chi connectivity index (χ3v) is 0.861. The van der Waals surface area contributed by atoms with Gasteiger partial charge in [-0.15, -0.1) is 0 Å². The van der Waals surface area contributed by atoms with Crippen LogP contribution in [0.4, 0.5) is 0 Å². The Morgan fingerprint density at radius 3 is 2.50 bits per heavy atom. The van der Waals surface area contributed by atoms with Gasteiger partial charge in [-0.25, -0.2) is 4.79 Å². The third kappa shape index (κ3) is 3.25. The molecule has 0 bridgehead atoms. The van der Waals surface area contributed by atoms with E-state index < -0.39 is 5.97 Å². The highest BCUT2D eigenvalue weighted by atomic mass is 16.6. The Kier molecular flexibility index (Phi) is 3.72. The first kappa shape index (κ1) is 9.17. The second-order valence-corrected chi connectivity index (χ2v) is 1.92. The molecule has 0 fully saturated rings. The van der Waals surface area contributed by atoms with E-state index in [1.165, 1.54) is 6.92 Å². The zero-order valence-corrected chi connectivity index (χ0v) is 6.18. The minimum absolute atomic E-state index is 0.270. The minimum atomic E-state index is -0.584. The summed E-state index contributed by atoms with van der Waals surface area (Å²) in [5, 5.41) is 8.71. The summed E-state index contributed by atoms with van der Waals surface area (Å²) >= 11 is 0. The molecule has 0 aliphatic rings. The van der Waals surface area contributed by atoms with Crippen LogP contribution in [0.5, 0.6) is 0 Å². The Hall–Kier alpha value is -0.830. The zero-order valence-electron chi connectivity index (χ0n) is 6.18. The predicted molar refractivity (Wildman–Crippen MR) is 36.4 cm³/mol. The van der Waals surface area contributed by atoms with Crippen molar-refractivity contribution in [1.29, 1.82) is 0 Å². The standard InChI is InChI=1S/C7H11O3/c1-4-6(8)10-7(9)5(2)3/h8H,2,4H2,1,3H3. The van der Waals surface area contributed by atoms with Gasteiger partial charge in [0.1, 0.15) is 0 Å². The molecule has 0 atom stereocenters. The Balaban J connectivity index is 3.68. The van der Waals surface area contributed by atoms with Crippen LogP contribution in [0, 0.1) is 6.29 Å². The van der Waals surface area contributed by atoms with Crippen LogP contribution in [0.1, 0.15) is 20.3 Å². The number of rotatable bonds is 3. The van der Waals surface area contributed by atoms with Gasteiger partial charge in [-0.05, 0) is 6.92 Å². The van der Waals surface area contributed by atoms with Crippen molar-refractivity contribution in [3.05, 3.63) is 18.4 Å². The SMILES string of the molecule is C=C(C)C(=O)O[C](O)CC. The molecular formula is C7H11O3. The molecule has 1 N–H and O–H groups in total. The lowest BCUT2D eigenvalue weighted by Gasteiger charge is -2.05. The monoisotopic (exact) mass is 143 g/mol. The first-order chi connectivity index (χ1) is 4.57. The maximum Gasteiger partial charge on any atom is 0.335 e. The van der Waals surface area contributed by atoms with Crippen molar-refractivity contribution in [2.24, 2.45) is 0 Å². The molecule has 0 aromatic heterocycles. The number of carbonyl (C=O) groups is 1. The minimum Gasteiger partial charge on any atom is -0.423 e. The molecule has 0 aromatic carbocycles. The van der Waals surface area contributed by atoms with Crippen molar-refractivity contribution >= 4 is 5.97 Å². The van der Waals surface area contributed by atoms with E-state index in [1.54, 1.807) is 6.92 Å². The second-order valence-electron chi connectivity index (χ2n) is 1.92. The first-order valence-corrected chi connectivity index (χ1v) is 3.00. The van der Waals surface area contributed by atoms with E-state index in [-0.39, 0.29) is 11.9 Å². The van der Waals surface area contributed by atoms with Gasteiger partial charge in [-0.2, -0.15) is 0 Å². The van der Waals surface area contributed by atoms with Crippen LogP contribution < -0.4 is 0 Å². The van der Waals surface area contributed by atoms with Crippen LogP contribution >= 0.6 is 0 Å². The van der Waals surface area contributed by atoms with Gasteiger partial charge in [0.05, 0.1) is 0 Å². The zero-order chi connectivity index (χ0) is 8.15. The van der Waals surface area contributed by atoms with Gasteiger partial charge < -0.3 is 9.84 Å². The van der Waals surface area contributed by atoms with E-state index in [2.05, 4.69) is 11.3 Å². The number of aliphatic hydroxyl groups is 1. The predicted octanol–water partition coefficient (Wildman–Crippen LogP) is 1.38. The van der Waals surface area contributed by atoms with Gasteiger partial charge in [0.25, 0.3) is 6.29 Å². The maximum absolute atomic E-state index is 10.6. The third-order valence-electron chi connectivity index (χ3n) is 0.861. The van der Waals surface area contributed by atoms with Crippen molar-refractivity contribution in [3.8, 4) is 0 Å². The number of hydrogen-bond acceptors (Lipinski definition) is 3. The Morgan fingerprint density at radius 1 is 1.70 bits per heavy atom. The molecule has 10 heavy (non-hydrogen) atoms. The molecule has 3 heteroatoms. The Labute approximate surface area is 60.3 Å². The average Bonchev–Trinajstić information content (AvgIpc) is 1.87. The number of ether oxygens (including phenoxy) is 1. The lowest BCUT2D eigenvalue weighted by Crippen LogP contribution is -2.09. The van der Waals surface area contributed by atoms with Crippen LogP contribution in [-0.4, -0.2) is 11.1 Å². The van der Waals surface area contributed by atoms with Crippen LogP contribution in [-0.2, 0) is 9.53 Å². The summed E-state index contributed by atoms with van der Waals surface area (Å²) in [7, 11) is 0. The first-order valence-electron chi connectivity index (χ1n) is 3.00. The van der Waals surface area contributed by atoms with E-state index >= 15 is 0 Å². The molecule has 1 radical (unpaired) electrons. The molecule has 0 saturated carbocycles. The maximum atomic E-state index is 10.6. The lowest BCUT2D eigenvalue weighted by atomic mass is 10.3. The average molecular weight is 143 g/mol. The van der Waals surface area contributed by atoms with Gasteiger partial charge in [-0.1, -0.05) is 13.5 Å². The van der Waals surface area contributed by atoms with Crippen molar-refractivity contribution in [2.75, 3.05) is 0 Å². The number of aliphatic hydroxyl groups excluding tert-OH is 1. The van der Waals surface area contributed by atoms with Crippen LogP contribution in [0.2, 0.25) is 0 Å². The molecule has 0 aliphatic carbocycles. The molecule has 57 valence electrons. The summed E-state index contributed by atoms with van der Waals surface area (Å²) in [5.41, 5.74) is 0.278. The van der Waals surface area contributed by atoms with Crippen LogP contribution in [0.25, 0.3) is 0 Å². The van der Waals surface area contributed by atoms with E-state index in [9.17, 15) is 4.79 Å². The molecule has 0 aromatic rings.